The van der Waals surface area contributed by atoms with Crippen LogP contribution in [0.25, 0.3) is 0 Å². The van der Waals surface area contributed by atoms with E-state index in [1.807, 2.05) is 0 Å². The lowest BCUT2D eigenvalue weighted by molar-refractivity contribution is -0.301. The molecule has 160 valence electrons. The van der Waals surface area contributed by atoms with Crippen molar-refractivity contribution in [3.05, 3.63) is 0 Å². The van der Waals surface area contributed by atoms with Gasteiger partial charge in [-0.25, -0.2) is 13.2 Å². The molecule has 4 bridgehead atoms. The summed E-state index contributed by atoms with van der Waals surface area (Å²) in [5, 5.41) is 0. The molecular weight excluding hydrogens is 379 g/mol. The van der Waals surface area contributed by atoms with E-state index in [4.69, 9.17) is 4.74 Å². The highest BCUT2D eigenvalue weighted by Crippen LogP contribution is 2.63. The Morgan fingerprint density at radius 1 is 0.964 bits per heavy atom. The van der Waals surface area contributed by atoms with Crippen molar-refractivity contribution >= 4 is 5.97 Å². The van der Waals surface area contributed by atoms with Gasteiger partial charge in [-0.05, 0) is 81.5 Å². The molecule has 0 radical (unpaired) electrons. The van der Waals surface area contributed by atoms with E-state index in [9.17, 15) is 26.7 Å². The SMILES string of the molecule is CC1CC(OC(=O)C2(C)C3CC4CC(C3)CC2C4)C(F)(F)C(F)(C(C)(F)F)C1. The molecule has 3 unspecified atom stereocenters. The highest BCUT2D eigenvalue weighted by atomic mass is 19.3. The number of ether oxygens (including phenoxy) is 1. The van der Waals surface area contributed by atoms with E-state index in [0.717, 1.165) is 25.7 Å². The zero-order valence-electron chi connectivity index (χ0n) is 16.6. The first-order chi connectivity index (χ1) is 12.8. The fourth-order valence-corrected chi connectivity index (χ4v) is 6.81. The summed E-state index contributed by atoms with van der Waals surface area (Å²) in [5.41, 5.74) is -4.90. The molecule has 5 fully saturated rings. The van der Waals surface area contributed by atoms with Crippen LogP contribution >= 0.6 is 0 Å². The minimum absolute atomic E-state index is 0.0774. The Bertz CT molecular complexity index is 630. The molecule has 5 aliphatic rings. The summed E-state index contributed by atoms with van der Waals surface area (Å²) < 4.78 is 77.6. The normalized spacial score (nSPS) is 49.9. The van der Waals surface area contributed by atoms with Gasteiger partial charge in [0.25, 0.3) is 5.92 Å². The van der Waals surface area contributed by atoms with Crippen LogP contribution in [0.15, 0.2) is 0 Å². The summed E-state index contributed by atoms with van der Waals surface area (Å²) in [6.07, 6.45) is 1.29. The predicted octanol–water partition coefficient (Wildman–Crippen LogP) is 5.79. The standard InChI is InChI=1S/C21H29F5O2/c1-11-4-16(21(25,26)20(24,10-11)19(3,22)23)28-17(27)18(2)14-6-12-5-13(8-14)9-15(18)7-12/h11-16H,4-10H2,1-3H3. The maximum Gasteiger partial charge on any atom is 0.323 e. The third kappa shape index (κ3) is 2.66. The van der Waals surface area contributed by atoms with Gasteiger partial charge in [0.15, 0.2) is 6.10 Å². The molecule has 0 aromatic rings. The van der Waals surface area contributed by atoms with E-state index < -0.39 is 47.3 Å². The second-order valence-corrected chi connectivity index (χ2v) is 10.3. The van der Waals surface area contributed by atoms with Crippen LogP contribution in [0, 0.1) is 35.0 Å². The number of esters is 1. The summed E-state index contributed by atoms with van der Waals surface area (Å²) in [6.45, 7) is 3.40. The number of halogens is 5. The average Bonchev–Trinajstić information content (AvgIpc) is 2.55. The van der Waals surface area contributed by atoms with Crippen molar-refractivity contribution in [2.24, 2.45) is 35.0 Å². The van der Waals surface area contributed by atoms with Crippen LogP contribution in [0.1, 0.15) is 65.7 Å². The molecule has 5 rings (SSSR count). The second kappa shape index (κ2) is 6.07. The Morgan fingerprint density at radius 3 is 1.93 bits per heavy atom. The lowest BCUT2D eigenvalue weighted by Gasteiger charge is -2.59. The van der Waals surface area contributed by atoms with Gasteiger partial charge in [-0.3, -0.25) is 4.79 Å². The van der Waals surface area contributed by atoms with Crippen molar-refractivity contribution in [3.63, 3.8) is 0 Å². The van der Waals surface area contributed by atoms with Crippen molar-refractivity contribution in [2.45, 2.75) is 89.3 Å². The molecule has 7 heteroatoms. The lowest BCUT2D eigenvalue weighted by atomic mass is 9.46. The van der Waals surface area contributed by atoms with Gasteiger partial charge in [0.2, 0.25) is 5.67 Å². The number of rotatable bonds is 3. The van der Waals surface area contributed by atoms with Crippen LogP contribution in [0.3, 0.4) is 0 Å². The van der Waals surface area contributed by atoms with Crippen LogP contribution in [-0.2, 0) is 9.53 Å². The molecule has 0 aromatic carbocycles. The molecule has 0 aromatic heterocycles. The first kappa shape index (κ1) is 20.4. The molecule has 0 saturated heterocycles. The average molecular weight is 408 g/mol. The third-order valence-corrected chi connectivity index (χ3v) is 8.40. The maximum atomic E-state index is 14.9. The smallest absolute Gasteiger partial charge is 0.323 e. The van der Waals surface area contributed by atoms with Crippen molar-refractivity contribution in [1.29, 1.82) is 0 Å². The molecule has 0 spiro atoms. The number of hydrogen-bond acceptors (Lipinski definition) is 2. The van der Waals surface area contributed by atoms with Crippen LogP contribution in [0.5, 0.6) is 0 Å². The summed E-state index contributed by atoms with van der Waals surface area (Å²) in [7, 11) is 0. The van der Waals surface area contributed by atoms with Gasteiger partial charge >= 0.3 is 11.9 Å². The molecule has 0 N–H and O–H groups in total. The molecule has 5 aliphatic carbocycles. The maximum absolute atomic E-state index is 14.9. The predicted molar refractivity (Wildman–Crippen MR) is 92.8 cm³/mol. The summed E-state index contributed by atoms with van der Waals surface area (Å²) in [6, 6.07) is 0. The summed E-state index contributed by atoms with van der Waals surface area (Å²) in [4.78, 5) is 13.1. The Hall–Kier alpha value is -0.880. The minimum Gasteiger partial charge on any atom is -0.455 e. The Labute approximate surface area is 162 Å². The van der Waals surface area contributed by atoms with Crippen LogP contribution < -0.4 is 0 Å². The lowest BCUT2D eigenvalue weighted by Crippen LogP contribution is -2.66. The Balaban J connectivity index is 1.59. The van der Waals surface area contributed by atoms with Gasteiger partial charge in [-0.15, -0.1) is 0 Å². The fraction of sp³-hybridized carbons (Fsp3) is 0.952. The van der Waals surface area contributed by atoms with Gasteiger partial charge in [0.05, 0.1) is 5.41 Å². The quantitative estimate of drug-likeness (QED) is 0.436. The molecule has 5 saturated carbocycles. The Kier molecular flexibility index (Phi) is 4.42. The van der Waals surface area contributed by atoms with Gasteiger partial charge < -0.3 is 4.74 Å². The zero-order chi connectivity index (χ0) is 20.7. The van der Waals surface area contributed by atoms with Crippen LogP contribution in [0.4, 0.5) is 22.0 Å². The van der Waals surface area contributed by atoms with E-state index in [1.54, 1.807) is 6.92 Å². The van der Waals surface area contributed by atoms with Crippen molar-refractivity contribution in [3.8, 4) is 0 Å². The molecule has 28 heavy (non-hydrogen) atoms. The molecular formula is C21H29F5O2. The van der Waals surface area contributed by atoms with Gasteiger partial charge in [-0.2, -0.15) is 8.78 Å². The number of carbonyl (C=O) groups excluding carboxylic acids is 1. The monoisotopic (exact) mass is 408 g/mol. The zero-order valence-corrected chi connectivity index (χ0v) is 16.6. The minimum atomic E-state index is -4.43. The highest BCUT2D eigenvalue weighted by Gasteiger charge is 2.74. The summed E-state index contributed by atoms with van der Waals surface area (Å²) in [5.74, 6) is -8.84. The van der Waals surface area contributed by atoms with Crippen LogP contribution in [-0.4, -0.2) is 29.6 Å². The van der Waals surface area contributed by atoms with E-state index in [1.165, 1.54) is 13.3 Å². The number of carbonyl (C=O) groups is 1. The van der Waals surface area contributed by atoms with Crippen molar-refractivity contribution in [2.75, 3.05) is 0 Å². The largest absolute Gasteiger partial charge is 0.455 e. The number of alkyl halides is 5. The molecule has 0 amide bonds. The van der Waals surface area contributed by atoms with Gasteiger partial charge in [0, 0.05) is 6.92 Å². The van der Waals surface area contributed by atoms with E-state index in [-0.39, 0.29) is 25.2 Å². The van der Waals surface area contributed by atoms with Crippen molar-refractivity contribution < 1.29 is 31.5 Å². The molecule has 2 nitrogen and oxygen atoms in total. The first-order valence-corrected chi connectivity index (χ1v) is 10.4. The highest BCUT2D eigenvalue weighted by molar-refractivity contribution is 5.78. The van der Waals surface area contributed by atoms with E-state index in [0.29, 0.717) is 11.8 Å². The molecule has 0 aliphatic heterocycles. The van der Waals surface area contributed by atoms with Gasteiger partial charge in [0.1, 0.15) is 0 Å². The molecule has 0 heterocycles. The van der Waals surface area contributed by atoms with E-state index >= 15 is 0 Å². The van der Waals surface area contributed by atoms with Crippen molar-refractivity contribution in [1.82, 2.24) is 0 Å². The second-order valence-electron chi connectivity index (χ2n) is 10.3. The third-order valence-electron chi connectivity index (χ3n) is 8.40. The number of hydrogen-bond donors (Lipinski definition) is 0. The summed E-state index contributed by atoms with van der Waals surface area (Å²) >= 11 is 0. The Morgan fingerprint density at radius 2 is 1.46 bits per heavy atom. The van der Waals surface area contributed by atoms with E-state index in [2.05, 4.69) is 0 Å². The van der Waals surface area contributed by atoms with Crippen LogP contribution in [0.2, 0.25) is 0 Å². The first-order valence-electron chi connectivity index (χ1n) is 10.4. The topological polar surface area (TPSA) is 26.3 Å². The molecule has 3 atom stereocenters. The fourth-order valence-electron chi connectivity index (χ4n) is 6.81. The van der Waals surface area contributed by atoms with Gasteiger partial charge in [-0.1, -0.05) is 6.92 Å².